The Hall–Kier alpha value is -2.60. The molecule has 0 saturated heterocycles. The van der Waals surface area contributed by atoms with Crippen molar-refractivity contribution in [3.8, 4) is 17.2 Å². The van der Waals surface area contributed by atoms with Crippen LogP contribution in [0, 0.1) is 0 Å². The minimum absolute atomic E-state index is 0.121. The number of nitrogen functional groups attached to an aromatic ring is 1. The molecule has 0 amide bonds. The summed E-state index contributed by atoms with van der Waals surface area (Å²) in [6, 6.07) is 9.09. The van der Waals surface area contributed by atoms with Crippen molar-refractivity contribution in [1.82, 2.24) is 0 Å². The van der Waals surface area contributed by atoms with E-state index in [2.05, 4.69) is 0 Å². The number of methoxy groups -OCH3 is 1. The highest BCUT2D eigenvalue weighted by atomic mass is 32.2. The van der Waals surface area contributed by atoms with Gasteiger partial charge in [0.1, 0.15) is 17.2 Å². The van der Waals surface area contributed by atoms with E-state index in [1.165, 1.54) is 6.08 Å². The highest BCUT2D eigenvalue weighted by molar-refractivity contribution is 7.99. The van der Waals surface area contributed by atoms with Gasteiger partial charge in [-0.25, -0.2) is 0 Å². The molecular weight excluding hydrogens is 362 g/mol. The zero-order chi connectivity index (χ0) is 19.2. The van der Waals surface area contributed by atoms with Gasteiger partial charge in [0, 0.05) is 11.8 Å². The molecule has 0 aromatic heterocycles. The van der Waals surface area contributed by atoms with Gasteiger partial charge < -0.3 is 19.9 Å². The van der Waals surface area contributed by atoms with E-state index in [9.17, 15) is 4.79 Å². The lowest BCUT2D eigenvalue weighted by molar-refractivity contribution is 0.104. The number of thioether (sulfide) groups is 1. The van der Waals surface area contributed by atoms with Crippen molar-refractivity contribution < 1.29 is 19.0 Å². The Labute approximate surface area is 163 Å². The predicted molar refractivity (Wildman–Crippen MR) is 109 cm³/mol. The molecule has 27 heavy (non-hydrogen) atoms. The zero-order valence-corrected chi connectivity index (χ0v) is 16.3. The molecule has 0 atom stereocenters. The Morgan fingerprint density at radius 3 is 2.89 bits per heavy atom. The standard InChI is InChI=1S/C21H23NO4S/c1-3-8-25-19-13-20-21(27-10-9-26-20)12-15(19)17(23)6-4-14-5-7-18(24-2)16(22)11-14/h4-7,11-13H,3,8-10,22H2,1-2H3/b6-4+. The highest BCUT2D eigenvalue weighted by Crippen LogP contribution is 2.38. The fraction of sp³-hybridized carbons (Fsp3) is 0.286. The van der Waals surface area contributed by atoms with E-state index in [4.69, 9.17) is 19.9 Å². The molecule has 1 aliphatic heterocycles. The lowest BCUT2D eigenvalue weighted by Gasteiger charge is -2.19. The molecule has 1 aliphatic rings. The monoisotopic (exact) mass is 385 g/mol. The summed E-state index contributed by atoms with van der Waals surface area (Å²) in [4.78, 5) is 13.8. The van der Waals surface area contributed by atoms with Crippen molar-refractivity contribution in [1.29, 1.82) is 0 Å². The highest BCUT2D eigenvalue weighted by Gasteiger charge is 2.19. The lowest BCUT2D eigenvalue weighted by Crippen LogP contribution is -2.10. The number of hydrogen-bond acceptors (Lipinski definition) is 6. The summed E-state index contributed by atoms with van der Waals surface area (Å²) in [7, 11) is 1.57. The van der Waals surface area contributed by atoms with Crippen LogP contribution in [0.15, 0.2) is 41.3 Å². The minimum atomic E-state index is -0.121. The van der Waals surface area contributed by atoms with E-state index in [1.54, 1.807) is 37.1 Å². The number of nitrogens with two attached hydrogens (primary N) is 1. The number of carbonyl (C=O) groups excluding carboxylic acids is 1. The molecule has 0 unspecified atom stereocenters. The average Bonchev–Trinajstić information content (AvgIpc) is 2.69. The third-order valence-electron chi connectivity index (χ3n) is 4.05. The van der Waals surface area contributed by atoms with Crippen molar-refractivity contribution >= 4 is 29.3 Å². The predicted octanol–water partition coefficient (Wildman–Crippen LogP) is 4.45. The second-order valence-corrected chi connectivity index (χ2v) is 7.18. The molecule has 2 aromatic rings. The zero-order valence-electron chi connectivity index (χ0n) is 15.5. The van der Waals surface area contributed by atoms with E-state index in [0.717, 1.165) is 28.4 Å². The van der Waals surface area contributed by atoms with Crippen LogP contribution in [0.25, 0.3) is 6.08 Å². The van der Waals surface area contributed by atoms with Crippen LogP contribution in [-0.2, 0) is 0 Å². The van der Waals surface area contributed by atoms with Gasteiger partial charge in [0.25, 0.3) is 0 Å². The molecule has 142 valence electrons. The number of hydrogen-bond donors (Lipinski definition) is 1. The molecule has 5 nitrogen and oxygen atoms in total. The van der Waals surface area contributed by atoms with Crippen molar-refractivity contribution in [3.63, 3.8) is 0 Å². The summed E-state index contributed by atoms with van der Waals surface area (Å²) in [5, 5.41) is 0. The molecule has 1 heterocycles. The van der Waals surface area contributed by atoms with Gasteiger partial charge in [0.2, 0.25) is 0 Å². The summed E-state index contributed by atoms with van der Waals surface area (Å²) in [5.74, 6) is 2.70. The number of anilines is 1. The number of rotatable bonds is 7. The number of benzene rings is 2. The van der Waals surface area contributed by atoms with Crippen LogP contribution >= 0.6 is 11.8 Å². The van der Waals surface area contributed by atoms with Gasteiger partial charge in [0.15, 0.2) is 5.78 Å². The topological polar surface area (TPSA) is 70.8 Å². The Bertz CT molecular complexity index is 864. The Morgan fingerprint density at radius 1 is 1.30 bits per heavy atom. The van der Waals surface area contributed by atoms with Gasteiger partial charge in [-0.2, -0.15) is 0 Å². The summed E-state index contributed by atoms with van der Waals surface area (Å²) in [6.07, 6.45) is 4.14. The maximum atomic E-state index is 12.8. The molecule has 0 fully saturated rings. The van der Waals surface area contributed by atoms with Crippen LogP contribution in [0.5, 0.6) is 17.2 Å². The van der Waals surface area contributed by atoms with Gasteiger partial charge in [0.05, 0.1) is 36.5 Å². The van der Waals surface area contributed by atoms with Crippen molar-refractivity contribution in [2.24, 2.45) is 0 Å². The summed E-state index contributed by atoms with van der Waals surface area (Å²) in [5.41, 5.74) is 7.82. The van der Waals surface area contributed by atoms with Crippen molar-refractivity contribution in [3.05, 3.63) is 47.5 Å². The Balaban J connectivity index is 1.87. The quantitative estimate of drug-likeness (QED) is 0.431. The smallest absolute Gasteiger partial charge is 0.189 e. The molecule has 3 rings (SSSR count). The fourth-order valence-electron chi connectivity index (χ4n) is 2.71. The first-order chi connectivity index (χ1) is 13.1. The van der Waals surface area contributed by atoms with Crippen LogP contribution in [0.4, 0.5) is 5.69 Å². The van der Waals surface area contributed by atoms with E-state index in [-0.39, 0.29) is 5.78 Å². The van der Waals surface area contributed by atoms with Crippen LogP contribution in [-0.4, -0.2) is 31.9 Å². The van der Waals surface area contributed by atoms with E-state index in [1.807, 2.05) is 25.1 Å². The van der Waals surface area contributed by atoms with E-state index >= 15 is 0 Å². The van der Waals surface area contributed by atoms with Crippen molar-refractivity contribution in [2.45, 2.75) is 18.2 Å². The molecule has 0 bridgehead atoms. The second-order valence-electron chi connectivity index (χ2n) is 6.04. The average molecular weight is 385 g/mol. The third kappa shape index (κ3) is 4.57. The maximum Gasteiger partial charge on any atom is 0.189 e. The Morgan fingerprint density at radius 2 is 2.15 bits per heavy atom. The van der Waals surface area contributed by atoms with Crippen molar-refractivity contribution in [2.75, 3.05) is 31.8 Å². The number of ketones is 1. The van der Waals surface area contributed by atoms with Crippen LogP contribution in [0.1, 0.15) is 29.3 Å². The first-order valence-corrected chi connectivity index (χ1v) is 9.83. The molecule has 0 saturated carbocycles. The number of allylic oxidation sites excluding steroid dienone is 1. The summed E-state index contributed by atoms with van der Waals surface area (Å²) < 4.78 is 16.6. The second kappa shape index (κ2) is 8.86. The number of ether oxygens (including phenoxy) is 3. The van der Waals surface area contributed by atoms with Crippen LogP contribution in [0.3, 0.4) is 0 Å². The normalized spacial score (nSPS) is 13.1. The largest absolute Gasteiger partial charge is 0.495 e. The molecule has 2 N–H and O–H groups in total. The SMILES string of the molecule is CCCOc1cc2c(cc1C(=O)/C=C/c1ccc(OC)c(N)c1)SCCO2. The van der Waals surface area contributed by atoms with Gasteiger partial charge in [-0.3, -0.25) is 4.79 Å². The number of carbonyl (C=O) groups is 1. The third-order valence-corrected chi connectivity index (χ3v) is 5.05. The van der Waals surface area contributed by atoms with Gasteiger partial charge in [-0.05, 0) is 36.3 Å². The van der Waals surface area contributed by atoms with Crippen LogP contribution in [0.2, 0.25) is 0 Å². The first-order valence-electron chi connectivity index (χ1n) is 8.84. The molecular formula is C21H23NO4S. The fourth-order valence-corrected chi connectivity index (χ4v) is 3.56. The van der Waals surface area contributed by atoms with Gasteiger partial charge in [-0.15, -0.1) is 11.8 Å². The Kier molecular flexibility index (Phi) is 6.29. The summed E-state index contributed by atoms with van der Waals surface area (Å²) in [6.45, 7) is 3.24. The first kappa shape index (κ1) is 19.2. The molecule has 2 aromatic carbocycles. The van der Waals surface area contributed by atoms with Crippen LogP contribution < -0.4 is 19.9 Å². The summed E-state index contributed by atoms with van der Waals surface area (Å²) >= 11 is 1.69. The molecule has 0 radical (unpaired) electrons. The molecule has 0 aliphatic carbocycles. The minimum Gasteiger partial charge on any atom is -0.495 e. The van der Waals surface area contributed by atoms with E-state index in [0.29, 0.717) is 36.0 Å². The maximum absolute atomic E-state index is 12.8. The molecule has 0 spiro atoms. The van der Waals surface area contributed by atoms with E-state index < -0.39 is 0 Å². The van der Waals surface area contributed by atoms with Gasteiger partial charge >= 0.3 is 0 Å². The van der Waals surface area contributed by atoms with Gasteiger partial charge in [-0.1, -0.05) is 19.1 Å². The number of fused-ring (bicyclic) bond motifs is 1. The lowest BCUT2D eigenvalue weighted by atomic mass is 10.1. The molecule has 6 heteroatoms.